The first-order chi connectivity index (χ1) is 8.60. The molecule has 0 radical (unpaired) electrons. The Hall–Kier alpha value is -1.26. The molecule has 1 aliphatic rings. The summed E-state index contributed by atoms with van der Waals surface area (Å²) in [6, 6.07) is 0.0646. The predicted octanol–water partition coefficient (Wildman–Crippen LogP) is 2.03. The Bertz CT molecular complexity index is 286. The summed E-state index contributed by atoms with van der Waals surface area (Å²) in [7, 11) is 0. The standard InChI is InChI=1S/C13H24N2O3/c1-3-5-8-14(4-2)13(18)15-9-6-11(7-10-15)12(16)17/h11H,3-10H2,1-2H3,(H,16,17). The molecule has 0 bridgehead atoms. The van der Waals surface area contributed by atoms with E-state index in [4.69, 9.17) is 5.11 Å². The third-order valence-corrected chi connectivity index (χ3v) is 3.55. The lowest BCUT2D eigenvalue weighted by Crippen LogP contribution is -2.47. The second-order valence-electron chi connectivity index (χ2n) is 4.82. The third-order valence-electron chi connectivity index (χ3n) is 3.55. The molecule has 0 unspecified atom stereocenters. The van der Waals surface area contributed by atoms with E-state index in [2.05, 4.69) is 6.92 Å². The van der Waals surface area contributed by atoms with Gasteiger partial charge in [-0.3, -0.25) is 4.79 Å². The lowest BCUT2D eigenvalue weighted by atomic mass is 9.97. The summed E-state index contributed by atoms with van der Waals surface area (Å²) in [6.45, 7) is 6.74. The molecule has 5 nitrogen and oxygen atoms in total. The monoisotopic (exact) mass is 256 g/mol. The molecule has 0 aromatic rings. The zero-order valence-corrected chi connectivity index (χ0v) is 11.4. The van der Waals surface area contributed by atoms with Crippen LogP contribution in [0.5, 0.6) is 0 Å². The van der Waals surface area contributed by atoms with Crippen LogP contribution in [0.4, 0.5) is 4.79 Å². The van der Waals surface area contributed by atoms with Crippen molar-refractivity contribution in [2.24, 2.45) is 5.92 Å². The molecule has 0 atom stereocenters. The highest BCUT2D eigenvalue weighted by Gasteiger charge is 2.28. The number of carboxylic acid groups (broad SMARTS) is 1. The summed E-state index contributed by atoms with van der Waals surface area (Å²) in [6.07, 6.45) is 3.24. The second-order valence-corrected chi connectivity index (χ2v) is 4.82. The van der Waals surface area contributed by atoms with Crippen molar-refractivity contribution in [3.8, 4) is 0 Å². The molecule has 1 rings (SSSR count). The summed E-state index contributed by atoms with van der Waals surface area (Å²) in [5.74, 6) is -1.01. The number of urea groups is 1. The van der Waals surface area contributed by atoms with Crippen molar-refractivity contribution in [1.29, 1.82) is 0 Å². The molecule has 1 fully saturated rings. The first kappa shape index (κ1) is 14.8. The van der Waals surface area contributed by atoms with E-state index < -0.39 is 5.97 Å². The molecule has 0 aromatic carbocycles. The maximum Gasteiger partial charge on any atom is 0.319 e. The lowest BCUT2D eigenvalue weighted by molar-refractivity contribution is -0.143. The van der Waals surface area contributed by atoms with Gasteiger partial charge in [0, 0.05) is 26.2 Å². The van der Waals surface area contributed by atoms with E-state index >= 15 is 0 Å². The van der Waals surface area contributed by atoms with E-state index in [9.17, 15) is 9.59 Å². The molecule has 0 saturated carbocycles. The van der Waals surface area contributed by atoms with Crippen molar-refractivity contribution in [2.45, 2.75) is 39.5 Å². The highest BCUT2D eigenvalue weighted by Crippen LogP contribution is 2.18. The van der Waals surface area contributed by atoms with Crippen molar-refractivity contribution in [1.82, 2.24) is 9.80 Å². The predicted molar refractivity (Wildman–Crippen MR) is 69.5 cm³/mol. The number of carbonyl (C=O) groups excluding carboxylic acids is 1. The number of hydrogen-bond donors (Lipinski definition) is 1. The van der Waals surface area contributed by atoms with Crippen molar-refractivity contribution < 1.29 is 14.7 Å². The number of carboxylic acids is 1. The Morgan fingerprint density at radius 3 is 2.33 bits per heavy atom. The Kier molecular flexibility index (Phi) is 5.95. The molecule has 1 saturated heterocycles. The fourth-order valence-corrected chi connectivity index (χ4v) is 2.26. The van der Waals surface area contributed by atoms with E-state index in [-0.39, 0.29) is 11.9 Å². The van der Waals surface area contributed by atoms with Crippen LogP contribution in [0.3, 0.4) is 0 Å². The molecular weight excluding hydrogens is 232 g/mol. The smallest absolute Gasteiger partial charge is 0.319 e. The van der Waals surface area contributed by atoms with Crippen molar-refractivity contribution in [3.05, 3.63) is 0 Å². The molecule has 0 aromatic heterocycles. The van der Waals surface area contributed by atoms with E-state index in [0.29, 0.717) is 25.9 Å². The SMILES string of the molecule is CCCCN(CC)C(=O)N1CCC(C(=O)O)CC1. The van der Waals surface area contributed by atoms with Crippen LogP contribution < -0.4 is 0 Å². The first-order valence-electron chi connectivity index (χ1n) is 6.86. The summed E-state index contributed by atoms with van der Waals surface area (Å²) in [4.78, 5) is 26.7. The van der Waals surface area contributed by atoms with Gasteiger partial charge in [0.2, 0.25) is 0 Å². The van der Waals surface area contributed by atoms with Gasteiger partial charge in [-0.25, -0.2) is 4.79 Å². The van der Waals surface area contributed by atoms with Gasteiger partial charge in [-0.2, -0.15) is 0 Å². The number of nitrogens with zero attached hydrogens (tertiary/aromatic N) is 2. The summed E-state index contributed by atoms with van der Waals surface area (Å²) in [5.41, 5.74) is 0. The normalized spacial score (nSPS) is 16.7. The number of piperidine rings is 1. The van der Waals surface area contributed by atoms with Crippen LogP contribution in [0.1, 0.15) is 39.5 Å². The molecule has 2 amide bonds. The highest BCUT2D eigenvalue weighted by atomic mass is 16.4. The van der Waals surface area contributed by atoms with Crippen LogP contribution in [0.25, 0.3) is 0 Å². The van der Waals surface area contributed by atoms with Gasteiger partial charge in [-0.05, 0) is 26.2 Å². The van der Waals surface area contributed by atoms with E-state index in [0.717, 1.165) is 25.9 Å². The Labute approximate surface area is 109 Å². The topological polar surface area (TPSA) is 60.9 Å². The number of likely N-dealkylation sites (tertiary alicyclic amines) is 1. The molecule has 18 heavy (non-hydrogen) atoms. The number of unbranched alkanes of at least 4 members (excludes halogenated alkanes) is 1. The van der Waals surface area contributed by atoms with Crippen molar-refractivity contribution >= 4 is 12.0 Å². The van der Waals surface area contributed by atoms with Gasteiger partial charge in [0.25, 0.3) is 0 Å². The molecule has 104 valence electrons. The minimum absolute atomic E-state index is 0.0646. The van der Waals surface area contributed by atoms with Gasteiger partial charge in [0.15, 0.2) is 0 Å². The third kappa shape index (κ3) is 3.89. The number of carbonyl (C=O) groups is 2. The lowest BCUT2D eigenvalue weighted by Gasteiger charge is -2.34. The number of aliphatic carboxylic acids is 1. The molecule has 0 spiro atoms. The minimum Gasteiger partial charge on any atom is -0.481 e. The zero-order valence-electron chi connectivity index (χ0n) is 11.4. The van der Waals surface area contributed by atoms with Crippen LogP contribution in [-0.2, 0) is 4.79 Å². The minimum atomic E-state index is -0.736. The zero-order chi connectivity index (χ0) is 13.5. The van der Waals surface area contributed by atoms with Gasteiger partial charge in [0.1, 0.15) is 0 Å². The van der Waals surface area contributed by atoms with Crippen LogP contribution >= 0.6 is 0 Å². The summed E-state index contributed by atoms with van der Waals surface area (Å²) >= 11 is 0. The van der Waals surface area contributed by atoms with Gasteiger partial charge in [-0.15, -0.1) is 0 Å². The maximum absolute atomic E-state index is 12.2. The van der Waals surface area contributed by atoms with Crippen LogP contribution in [0.15, 0.2) is 0 Å². The highest BCUT2D eigenvalue weighted by molar-refractivity contribution is 5.75. The molecular formula is C13H24N2O3. The molecule has 1 N–H and O–H groups in total. The fraction of sp³-hybridized carbons (Fsp3) is 0.846. The molecule has 1 aliphatic heterocycles. The quantitative estimate of drug-likeness (QED) is 0.818. The molecule has 0 aliphatic carbocycles. The Morgan fingerprint density at radius 1 is 1.28 bits per heavy atom. The van der Waals surface area contributed by atoms with Crippen molar-refractivity contribution in [2.75, 3.05) is 26.2 Å². The van der Waals surface area contributed by atoms with Crippen LogP contribution in [0, 0.1) is 5.92 Å². The van der Waals surface area contributed by atoms with Gasteiger partial charge in [-0.1, -0.05) is 13.3 Å². The van der Waals surface area contributed by atoms with Crippen molar-refractivity contribution in [3.63, 3.8) is 0 Å². The van der Waals surface area contributed by atoms with Crippen LogP contribution in [-0.4, -0.2) is 53.1 Å². The Balaban J connectivity index is 2.45. The van der Waals surface area contributed by atoms with Gasteiger partial charge >= 0.3 is 12.0 Å². The average Bonchev–Trinajstić information content (AvgIpc) is 2.39. The summed E-state index contributed by atoms with van der Waals surface area (Å²) < 4.78 is 0. The average molecular weight is 256 g/mol. The fourth-order valence-electron chi connectivity index (χ4n) is 2.26. The number of hydrogen-bond acceptors (Lipinski definition) is 2. The van der Waals surface area contributed by atoms with Gasteiger partial charge in [0.05, 0.1) is 5.92 Å². The van der Waals surface area contributed by atoms with Crippen LogP contribution in [0.2, 0.25) is 0 Å². The largest absolute Gasteiger partial charge is 0.481 e. The maximum atomic E-state index is 12.2. The number of amides is 2. The van der Waals surface area contributed by atoms with E-state index in [1.807, 2.05) is 11.8 Å². The van der Waals surface area contributed by atoms with Gasteiger partial charge < -0.3 is 14.9 Å². The molecule has 5 heteroatoms. The second kappa shape index (κ2) is 7.24. The Morgan fingerprint density at radius 2 is 1.89 bits per heavy atom. The molecule has 1 heterocycles. The first-order valence-corrected chi connectivity index (χ1v) is 6.86. The number of rotatable bonds is 5. The van der Waals surface area contributed by atoms with E-state index in [1.165, 1.54) is 0 Å². The summed E-state index contributed by atoms with van der Waals surface area (Å²) in [5, 5.41) is 8.92. The van der Waals surface area contributed by atoms with E-state index in [1.54, 1.807) is 4.90 Å².